The van der Waals surface area contributed by atoms with Crippen molar-refractivity contribution in [2.45, 2.75) is 48.7 Å². The summed E-state index contributed by atoms with van der Waals surface area (Å²) >= 11 is 3.86. The zero-order valence-corrected chi connectivity index (χ0v) is 26.4. The van der Waals surface area contributed by atoms with Gasteiger partial charge >= 0.3 is 5.97 Å². The van der Waals surface area contributed by atoms with Crippen LogP contribution in [-0.2, 0) is 9.53 Å². The van der Waals surface area contributed by atoms with Crippen molar-refractivity contribution < 1.29 is 14.5 Å². The van der Waals surface area contributed by atoms with Crippen LogP contribution in [0, 0.1) is 24.0 Å². The van der Waals surface area contributed by atoms with Crippen molar-refractivity contribution in [2.75, 3.05) is 12.9 Å². The fourth-order valence-corrected chi connectivity index (χ4v) is 7.14. The Kier molecular flexibility index (Phi) is 8.95. The molecule has 1 atom stereocenters. The number of nitrogens with zero attached hydrogens (tertiary/aromatic N) is 5. The topological polar surface area (TPSA) is 130 Å². The van der Waals surface area contributed by atoms with Crippen LogP contribution in [0.15, 0.2) is 84.5 Å². The van der Waals surface area contributed by atoms with Gasteiger partial charge in [0.05, 0.1) is 38.3 Å². The van der Waals surface area contributed by atoms with E-state index in [0.717, 1.165) is 44.9 Å². The Morgan fingerprint density at radius 2 is 1.81 bits per heavy atom. The number of hydrogen-bond donors (Lipinski definition) is 0. The second-order valence-corrected chi connectivity index (χ2v) is 12.5. The van der Waals surface area contributed by atoms with E-state index in [2.05, 4.69) is 15.0 Å². The second kappa shape index (κ2) is 12.7. The van der Waals surface area contributed by atoms with E-state index >= 15 is 0 Å². The molecule has 0 fully saturated rings. The first-order chi connectivity index (χ1) is 20.6. The number of nitro groups is 1. The van der Waals surface area contributed by atoms with Crippen molar-refractivity contribution in [3.8, 4) is 0 Å². The van der Waals surface area contributed by atoms with E-state index in [1.54, 1.807) is 43.8 Å². The number of carbonyl (C=O) groups excluding carboxylic acids is 1. The predicted molar refractivity (Wildman–Crippen MR) is 167 cm³/mol. The number of hydrogen-bond acceptors (Lipinski definition) is 11. The van der Waals surface area contributed by atoms with Gasteiger partial charge < -0.3 is 4.74 Å². The molecule has 0 saturated carbocycles. The van der Waals surface area contributed by atoms with Gasteiger partial charge in [0.15, 0.2) is 9.96 Å². The van der Waals surface area contributed by atoms with Crippen molar-refractivity contribution in [3.05, 3.63) is 112 Å². The fraction of sp³-hybridized carbons (Fsp3) is 0.233. The van der Waals surface area contributed by atoms with Gasteiger partial charge in [-0.3, -0.25) is 19.5 Å². The summed E-state index contributed by atoms with van der Waals surface area (Å²) in [7, 11) is 0. The molecule has 0 radical (unpaired) electrons. The highest BCUT2D eigenvalue weighted by atomic mass is 32.2. The van der Waals surface area contributed by atoms with Gasteiger partial charge in [-0.05, 0) is 87.2 Å². The van der Waals surface area contributed by atoms with E-state index in [0.29, 0.717) is 36.2 Å². The molecule has 10 nitrogen and oxygen atoms in total. The molecule has 2 aromatic heterocycles. The standard InChI is InChI=1S/C30H27N5O5S3/c1-6-40-28(37)25-18(4)33-30-34(26(25)20-8-10-21(41-5)11-9-20)27(36)24(43-30)15-19-7-12-23(22(14-19)35(38)39)42-29-31-16(2)13-17(3)32-29/h7-15,26H,6H2,1-5H3/b24-15+/t26-/m0/s1. The number of esters is 1. The number of allylic oxidation sites excluding steroid dienone is 1. The van der Waals surface area contributed by atoms with Crippen molar-refractivity contribution in [2.24, 2.45) is 4.99 Å². The molecule has 5 rings (SSSR count). The summed E-state index contributed by atoms with van der Waals surface area (Å²) < 4.78 is 7.18. The van der Waals surface area contributed by atoms with Crippen LogP contribution in [0.1, 0.15) is 42.4 Å². The molecule has 4 aromatic rings. The smallest absolute Gasteiger partial charge is 0.338 e. The van der Waals surface area contributed by atoms with Crippen LogP contribution in [0.25, 0.3) is 6.08 Å². The Balaban J connectivity index is 1.61. The summed E-state index contributed by atoms with van der Waals surface area (Å²) in [5.41, 5.74) is 3.04. The highest BCUT2D eigenvalue weighted by Crippen LogP contribution is 2.34. The monoisotopic (exact) mass is 633 g/mol. The number of fused-ring (bicyclic) bond motifs is 1. The number of nitro benzene ring substituents is 1. The molecule has 0 amide bonds. The van der Waals surface area contributed by atoms with Crippen molar-refractivity contribution in [3.63, 3.8) is 0 Å². The molecule has 1 aliphatic rings. The van der Waals surface area contributed by atoms with E-state index in [9.17, 15) is 19.7 Å². The third-order valence-electron chi connectivity index (χ3n) is 6.59. The van der Waals surface area contributed by atoms with Crippen LogP contribution in [0.4, 0.5) is 5.69 Å². The van der Waals surface area contributed by atoms with Crippen LogP contribution >= 0.6 is 34.9 Å². The Morgan fingerprint density at radius 1 is 1.12 bits per heavy atom. The summed E-state index contributed by atoms with van der Waals surface area (Å²) in [6, 6.07) is 13.5. The molecule has 220 valence electrons. The minimum absolute atomic E-state index is 0.124. The number of aromatic nitrogens is 3. The molecule has 1 aliphatic heterocycles. The summed E-state index contributed by atoms with van der Waals surface area (Å²) in [5, 5.41) is 12.4. The minimum Gasteiger partial charge on any atom is -0.463 e. The minimum atomic E-state index is -0.737. The maximum absolute atomic E-state index is 13.9. The number of thioether (sulfide) groups is 1. The van der Waals surface area contributed by atoms with Gasteiger partial charge in [-0.25, -0.2) is 19.8 Å². The average molecular weight is 634 g/mol. The molecule has 13 heteroatoms. The predicted octanol–water partition coefficient (Wildman–Crippen LogP) is 4.99. The molecule has 3 heterocycles. The van der Waals surface area contributed by atoms with E-state index in [1.807, 2.05) is 50.4 Å². The number of thiazole rings is 1. The Bertz CT molecular complexity index is 1940. The quantitative estimate of drug-likeness (QED) is 0.0867. The summed E-state index contributed by atoms with van der Waals surface area (Å²) in [6.07, 6.45) is 3.58. The first-order valence-electron chi connectivity index (χ1n) is 13.2. The van der Waals surface area contributed by atoms with Crippen LogP contribution in [0.5, 0.6) is 0 Å². The van der Waals surface area contributed by atoms with Crippen LogP contribution in [-0.4, -0.2) is 38.3 Å². The Hall–Kier alpha value is -4.07. The second-order valence-electron chi connectivity index (χ2n) is 9.60. The maximum Gasteiger partial charge on any atom is 0.338 e. The lowest BCUT2D eigenvalue weighted by molar-refractivity contribution is -0.387. The molecule has 0 spiro atoms. The lowest BCUT2D eigenvalue weighted by Crippen LogP contribution is -2.39. The first-order valence-corrected chi connectivity index (χ1v) is 16.1. The van der Waals surface area contributed by atoms with Gasteiger partial charge in [0, 0.05) is 22.3 Å². The van der Waals surface area contributed by atoms with E-state index < -0.39 is 16.9 Å². The van der Waals surface area contributed by atoms with E-state index in [4.69, 9.17) is 4.74 Å². The van der Waals surface area contributed by atoms with Crippen LogP contribution < -0.4 is 14.9 Å². The number of carbonyl (C=O) groups is 1. The number of aryl methyl sites for hydroxylation is 2. The van der Waals surface area contributed by atoms with Crippen molar-refractivity contribution in [1.82, 2.24) is 14.5 Å². The molecule has 0 aliphatic carbocycles. The summed E-state index contributed by atoms with van der Waals surface area (Å²) in [4.78, 5) is 53.8. The largest absolute Gasteiger partial charge is 0.463 e. The van der Waals surface area contributed by atoms with E-state index in [-0.39, 0.29) is 17.9 Å². The normalized spacial score (nSPS) is 14.8. The zero-order chi connectivity index (χ0) is 30.8. The molecule has 0 saturated heterocycles. The van der Waals surface area contributed by atoms with Crippen LogP contribution in [0.3, 0.4) is 0 Å². The van der Waals surface area contributed by atoms with Gasteiger partial charge in [0.2, 0.25) is 0 Å². The molecular formula is C30H27N5O5S3. The van der Waals surface area contributed by atoms with Gasteiger partial charge in [0.1, 0.15) is 0 Å². The summed E-state index contributed by atoms with van der Waals surface area (Å²) in [6.45, 7) is 7.32. The zero-order valence-electron chi connectivity index (χ0n) is 24.0. The van der Waals surface area contributed by atoms with Gasteiger partial charge in [-0.1, -0.05) is 29.5 Å². The highest BCUT2D eigenvalue weighted by molar-refractivity contribution is 7.99. The third kappa shape index (κ3) is 6.33. The van der Waals surface area contributed by atoms with Gasteiger partial charge in [-0.2, -0.15) is 0 Å². The molecule has 2 aromatic carbocycles. The summed E-state index contributed by atoms with van der Waals surface area (Å²) in [5.74, 6) is -0.534. The highest BCUT2D eigenvalue weighted by Gasteiger charge is 2.33. The lowest BCUT2D eigenvalue weighted by atomic mass is 9.96. The Morgan fingerprint density at radius 3 is 2.44 bits per heavy atom. The van der Waals surface area contributed by atoms with Gasteiger partial charge in [0.25, 0.3) is 11.2 Å². The molecule has 0 N–H and O–H groups in total. The SMILES string of the molecule is CCOC(=O)C1=C(C)N=c2s/c(=C/c3ccc(Sc4nc(C)cc(C)n4)c([N+](=O)[O-])c3)c(=O)n2[C@H]1c1ccc(SC)cc1. The fourth-order valence-electron chi connectivity index (χ4n) is 4.74. The maximum atomic E-state index is 13.9. The van der Waals surface area contributed by atoms with Crippen molar-refractivity contribution >= 4 is 52.6 Å². The van der Waals surface area contributed by atoms with Crippen molar-refractivity contribution in [1.29, 1.82) is 0 Å². The molecule has 0 unspecified atom stereocenters. The van der Waals surface area contributed by atoms with Crippen LogP contribution in [0.2, 0.25) is 0 Å². The average Bonchev–Trinajstić information content (AvgIpc) is 3.26. The molecule has 0 bridgehead atoms. The lowest BCUT2D eigenvalue weighted by Gasteiger charge is -2.24. The number of rotatable bonds is 8. The third-order valence-corrected chi connectivity index (χ3v) is 9.25. The van der Waals surface area contributed by atoms with E-state index in [1.165, 1.54) is 10.6 Å². The number of benzene rings is 2. The first kappa shape index (κ1) is 30.4. The van der Waals surface area contributed by atoms with Gasteiger partial charge in [-0.15, -0.1) is 11.8 Å². The molecule has 43 heavy (non-hydrogen) atoms. The number of ether oxygens (including phenoxy) is 1. The Labute approximate surface area is 259 Å². The molecular weight excluding hydrogens is 607 g/mol.